The van der Waals surface area contributed by atoms with Crippen molar-refractivity contribution in [2.45, 2.75) is 61.3 Å². The van der Waals surface area contributed by atoms with Gasteiger partial charge in [0.05, 0.1) is 4.90 Å². The van der Waals surface area contributed by atoms with Crippen molar-refractivity contribution in [2.24, 2.45) is 17.8 Å². The van der Waals surface area contributed by atoms with Gasteiger partial charge in [0.25, 0.3) is 0 Å². The standard InChI is InChI=1S/C21H28N2O3S/c1-23-13-18(9-20(23)24)17-2-4-19(5-3-17)27(25,26)22-21-10-14-6-15(11-21)8-16(7-14)12-21/h2-5,14-16,18,22H,6-13H2,1H3. The van der Waals surface area contributed by atoms with Crippen molar-refractivity contribution in [3.05, 3.63) is 29.8 Å². The maximum Gasteiger partial charge on any atom is 0.241 e. The number of nitrogens with one attached hydrogen (secondary N) is 1. The molecule has 0 spiro atoms. The van der Waals surface area contributed by atoms with Gasteiger partial charge in [0, 0.05) is 31.5 Å². The summed E-state index contributed by atoms with van der Waals surface area (Å²) < 4.78 is 29.3. The van der Waals surface area contributed by atoms with Crippen LogP contribution in [0.2, 0.25) is 0 Å². The van der Waals surface area contributed by atoms with Gasteiger partial charge in [-0.05, 0) is 74.0 Å². The molecule has 1 atom stereocenters. The van der Waals surface area contributed by atoms with Crippen molar-refractivity contribution >= 4 is 15.9 Å². The lowest BCUT2D eigenvalue weighted by atomic mass is 9.53. The van der Waals surface area contributed by atoms with Crippen LogP contribution in [0, 0.1) is 17.8 Å². The fourth-order valence-corrected chi connectivity index (χ4v) is 8.02. The number of nitrogens with zero attached hydrogens (tertiary/aromatic N) is 1. The van der Waals surface area contributed by atoms with E-state index in [0.29, 0.717) is 35.6 Å². The highest BCUT2D eigenvalue weighted by Crippen LogP contribution is 2.56. The smallest absolute Gasteiger partial charge is 0.241 e. The molecule has 4 saturated carbocycles. The molecule has 1 aromatic rings. The zero-order valence-corrected chi connectivity index (χ0v) is 16.7. The number of sulfonamides is 1. The van der Waals surface area contributed by atoms with E-state index in [-0.39, 0.29) is 17.4 Å². The van der Waals surface area contributed by atoms with E-state index in [1.165, 1.54) is 19.3 Å². The van der Waals surface area contributed by atoms with Crippen LogP contribution in [0.5, 0.6) is 0 Å². The van der Waals surface area contributed by atoms with E-state index >= 15 is 0 Å². The molecule has 1 aliphatic heterocycles. The summed E-state index contributed by atoms with van der Waals surface area (Å²) in [5, 5.41) is 0. The minimum atomic E-state index is -3.51. The maximum absolute atomic E-state index is 13.1. The quantitative estimate of drug-likeness (QED) is 0.862. The Labute approximate surface area is 161 Å². The van der Waals surface area contributed by atoms with Gasteiger partial charge in [-0.1, -0.05) is 12.1 Å². The van der Waals surface area contributed by atoms with Crippen LogP contribution in [-0.4, -0.2) is 38.4 Å². The fraction of sp³-hybridized carbons (Fsp3) is 0.667. The first-order valence-corrected chi connectivity index (χ1v) is 11.7. The van der Waals surface area contributed by atoms with E-state index in [1.54, 1.807) is 17.0 Å². The molecule has 1 unspecified atom stereocenters. The number of amides is 1. The lowest BCUT2D eigenvalue weighted by Crippen LogP contribution is -2.59. The Bertz CT molecular complexity index is 827. The van der Waals surface area contributed by atoms with Gasteiger partial charge in [-0.2, -0.15) is 0 Å². The number of rotatable bonds is 4. The first-order chi connectivity index (χ1) is 12.8. The molecule has 5 fully saturated rings. The second-order valence-electron chi connectivity index (χ2n) is 9.55. The summed E-state index contributed by atoms with van der Waals surface area (Å²) in [7, 11) is -1.70. The third kappa shape index (κ3) is 3.11. The second kappa shape index (κ2) is 6.05. The van der Waals surface area contributed by atoms with Crippen molar-refractivity contribution in [2.75, 3.05) is 13.6 Å². The van der Waals surface area contributed by atoms with E-state index in [9.17, 15) is 13.2 Å². The number of hydrogen-bond donors (Lipinski definition) is 1. The Kier molecular flexibility index (Phi) is 3.96. The van der Waals surface area contributed by atoms with Crippen molar-refractivity contribution in [3.8, 4) is 0 Å². The third-order valence-corrected chi connectivity index (χ3v) is 8.99. The van der Waals surface area contributed by atoms with Gasteiger partial charge in [0.15, 0.2) is 0 Å². The average molecular weight is 389 g/mol. The summed E-state index contributed by atoms with van der Waals surface area (Å²) in [6.45, 7) is 0.705. The normalized spacial score (nSPS) is 38.0. The van der Waals surface area contributed by atoms with Crippen LogP contribution in [0.1, 0.15) is 56.4 Å². The summed E-state index contributed by atoms with van der Waals surface area (Å²) in [5.41, 5.74) is 0.828. The van der Waals surface area contributed by atoms with E-state index in [2.05, 4.69) is 4.72 Å². The molecule has 1 heterocycles. The molecule has 27 heavy (non-hydrogen) atoms. The van der Waals surface area contributed by atoms with Crippen LogP contribution in [0.3, 0.4) is 0 Å². The third-order valence-electron chi connectivity index (χ3n) is 7.39. The molecule has 5 nitrogen and oxygen atoms in total. The van der Waals surface area contributed by atoms with Gasteiger partial charge < -0.3 is 4.90 Å². The topological polar surface area (TPSA) is 66.5 Å². The van der Waals surface area contributed by atoms with Crippen LogP contribution in [-0.2, 0) is 14.8 Å². The molecule has 1 aromatic carbocycles. The van der Waals surface area contributed by atoms with E-state index in [0.717, 1.165) is 24.8 Å². The number of likely N-dealkylation sites (N-methyl/N-ethyl adjacent to an activating group) is 1. The monoisotopic (exact) mass is 388 g/mol. The summed E-state index contributed by atoms with van der Waals surface area (Å²) in [6.07, 6.45) is 7.42. The van der Waals surface area contributed by atoms with Gasteiger partial charge in [0.2, 0.25) is 15.9 Å². The Morgan fingerprint density at radius 2 is 1.56 bits per heavy atom. The molecule has 6 rings (SSSR count). The zero-order chi connectivity index (χ0) is 18.8. The molecule has 1 saturated heterocycles. The molecule has 6 heteroatoms. The van der Waals surface area contributed by atoms with Crippen molar-refractivity contribution < 1.29 is 13.2 Å². The summed E-state index contributed by atoms with van der Waals surface area (Å²) in [4.78, 5) is 13.8. The minimum Gasteiger partial charge on any atom is -0.345 e. The van der Waals surface area contributed by atoms with Crippen LogP contribution in [0.25, 0.3) is 0 Å². The minimum absolute atomic E-state index is 0.153. The molecular weight excluding hydrogens is 360 g/mol. The molecule has 0 aromatic heterocycles. The molecule has 4 bridgehead atoms. The van der Waals surface area contributed by atoms with Crippen LogP contribution >= 0.6 is 0 Å². The van der Waals surface area contributed by atoms with E-state index in [1.807, 2.05) is 19.2 Å². The predicted octanol–water partition coefficient (Wildman–Crippen LogP) is 2.88. The predicted molar refractivity (Wildman–Crippen MR) is 103 cm³/mol. The van der Waals surface area contributed by atoms with Crippen LogP contribution < -0.4 is 4.72 Å². The lowest BCUT2D eigenvalue weighted by Gasteiger charge is -2.56. The van der Waals surface area contributed by atoms with E-state index < -0.39 is 10.0 Å². The Hall–Kier alpha value is -1.40. The van der Waals surface area contributed by atoms with Crippen molar-refractivity contribution in [1.29, 1.82) is 0 Å². The highest BCUT2D eigenvalue weighted by molar-refractivity contribution is 7.89. The number of carbonyl (C=O) groups excluding carboxylic acids is 1. The van der Waals surface area contributed by atoms with E-state index in [4.69, 9.17) is 0 Å². The van der Waals surface area contributed by atoms with Gasteiger partial charge in [-0.3, -0.25) is 4.79 Å². The first kappa shape index (κ1) is 17.7. The Balaban J connectivity index is 1.34. The summed E-state index contributed by atoms with van der Waals surface area (Å²) in [6, 6.07) is 7.18. The van der Waals surface area contributed by atoms with Gasteiger partial charge in [0.1, 0.15) is 0 Å². The van der Waals surface area contributed by atoms with Gasteiger partial charge in [-0.15, -0.1) is 0 Å². The van der Waals surface area contributed by atoms with Crippen LogP contribution in [0.15, 0.2) is 29.2 Å². The summed E-state index contributed by atoms with van der Waals surface area (Å²) in [5.74, 6) is 2.44. The maximum atomic E-state index is 13.1. The number of hydrogen-bond acceptors (Lipinski definition) is 3. The fourth-order valence-electron chi connectivity index (χ4n) is 6.59. The molecule has 4 aliphatic carbocycles. The number of benzene rings is 1. The second-order valence-corrected chi connectivity index (χ2v) is 11.2. The molecule has 146 valence electrons. The molecular formula is C21H28N2O3S. The molecule has 1 amide bonds. The van der Waals surface area contributed by atoms with Crippen molar-refractivity contribution in [1.82, 2.24) is 9.62 Å². The number of likely N-dealkylation sites (tertiary alicyclic amines) is 1. The van der Waals surface area contributed by atoms with Crippen LogP contribution in [0.4, 0.5) is 0 Å². The first-order valence-electron chi connectivity index (χ1n) is 10.2. The zero-order valence-electron chi connectivity index (χ0n) is 15.9. The largest absolute Gasteiger partial charge is 0.345 e. The molecule has 0 radical (unpaired) electrons. The Morgan fingerprint density at radius 1 is 1.00 bits per heavy atom. The summed E-state index contributed by atoms with van der Waals surface area (Å²) >= 11 is 0. The molecule has 5 aliphatic rings. The highest BCUT2D eigenvalue weighted by atomic mass is 32.2. The van der Waals surface area contributed by atoms with Gasteiger partial charge in [-0.25, -0.2) is 13.1 Å². The SMILES string of the molecule is CN1CC(c2ccc(S(=O)(=O)NC34CC5CC(CC(C5)C3)C4)cc2)CC1=O. The number of carbonyl (C=O) groups is 1. The van der Waals surface area contributed by atoms with Gasteiger partial charge >= 0.3 is 0 Å². The Morgan fingerprint density at radius 3 is 2.04 bits per heavy atom. The average Bonchev–Trinajstić information content (AvgIpc) is 2.92. The highest BCUT2D eigenvalue weighted by Gasteiger charge is 2.52. The molecule has 1 N–H and O–H groups in total. The van der Waals surface area contributed by atoms with Crippen molar-refractivity contribution in [3.63, 3.8) is 0 Å². The lowest BCUT2D eigenvalue weighted by molar-refractivity contribution is -0.126.